The minimum Gasteiger partial charge on any atom is -0.456 e. The molecule has 0 fully saturated rings. The van der Waals surface area contributed by atoms with Crippen molar-refractivity contribution in [3.8, 4) is 68.2 Å². The Kier molecular flexibility index (Phi) is 9.01. The molecule has 0 N–H and O–H groups in total. The number of para-hydroxylation sites is 2. The van der Waals surface area contributed by atoms with Crippen molar-refractivity contribution >= 4 is 65.7 Å². The molecule has 326 valence electrons. The molecule has 7 heteroatoms. The van der Waals surface area contributed by atoms with Crippen LogP contribution < -0.4 is 0 Å². The molecule has 0 bridgehead atoms. The van der Waals surface area contributed by atoms with E-state index in [0.29, 0.717) is 23.0 Å². The molecule has 0 aliphatic rings. The van der Waals surface area contributed by atoms with Gasteiger partial charge in [0.05, 0.1) is 28.4 Å². The predicted octanol–water partition coefficient (Wildman–Crippen LogP) is 16.3. The molecule has 13 rings (SSSR count). The normalized spacial score (nSPS) is 12.0. The minimum atomic E-state index is -0.0840. The number of benzene rings is 9. The molecule has 0 spiro atoms. The van der Waals surface area contributed by atoms with Gasteiger partial charge in [-0.05, 0) is 101 Å². The summed E-state index contributed by atoms with van der Waals surface area (Å²) >= 11 is 0. The van der Waals surface area contributed by atoms with Gasteiger partial charge >= 0.3 is 0 Å². The Morgan fingerprint density at radius 2 is 0.870 bits per heavy atom. The number of rotatable bonds is 6. The van der Waals surface area contributed by atoms with Crippen molar-refractivity contribution in [2.45, 2.75) is 26.2 Å². The van der Waals surface area contributed by atoms with Gasteiger partial charge in [0.25, 0.3) is 0 Å². The van der Waals surface area contributed by atoms with Crippen LogP contribution in [0.5, 0.6) is 0 Å². The lowest BCUT2D eigenvalue weighted by atomic mass is 9.86. The van der Waals surface area contributed by atoms with Gasteiger partial charge in [-0.2, -0.15) is 5.26 Å². The van der Waals surface area contributed by atoms with E-state index in [0.717, 1.165) is 110 Å². The molecular formula is C62H41N5O2. The van der Waals surface area contributed by atoms with Crippen LogP contribution in [0.15, 0.2) is 203 Å². The first-order valence-corrected chi connectivity index (χ1v) is 23.1. The molecule has 4 heterocycles. The highest BCUT2D eigenvalue weighted by atomic mass is 16.3. The summed E-state index contributed by atoms with van der Waals surface area (Å²) in [6.07, 6.45) is 0. The summed E-state index contributed by atoms with van der Waals surface area (Å²) in [6.45, 7) is 6.71. The van der Waals surface area contributed by atoms with Crippen LogP contribution in [0.25, 0.3) is 128 Å². The molecule has 13 aromatic rings. The second-order valence-corrected chi connectivity index (χ2v) is 18.7. The Balaban J connectivity index is 1.10. The minimum absolute atomic E-state index is 0.0840. The van der Waals surface area contributed by atoms with Gasteiger partial charge in [-0.25, -0.2) is 15.0 Å². The summed E-state index contributed by atoms with van der Waals surface area (Å²) in [5.74, 6) is 1.54. The van der Waals surface area contributed by atoms with Gasteiger partial charge in [0, 0.05) is 60.1 Å². The lowest BCUT2D eigenvalue weighted by Gasteiger charge is -2.22. The summed E-state index contributed by atoms with van der Waals surface area (Å²) in [5.41, 5.74) is 14.4. The van der Waals surface area contributed by atoms with Crippen LogP contribution in [0.4, 0.5) is 0 Å². The van der Waals surface area contributed by atoms with E-state index < -0.39 is 0 Å². The van der Waals surface area contributed by atoms with E-state index in [4.69, 9.17) is 23.8 Å². The van der Waals surface area contributed by atoms with E-state index in [9.17, 15) is 5.26 Å². The van der Waals surface area contributed by atoms with Gasteiger partial charge in [0.15, 0.2) is 17.5 Å². The average molecular weight is 888 g/mol. The van der Waals surface area contributed by atoms with Gasteiger partial charge in [-0.1, -0.05) is 136 Å². The molecule has 7 nitrogen and oxygen atoms in total. The monoisotopic (exact) mass is 887 g/mol. The van der Waals surface area contributed by atoms with Crippen LogP contribution >= 0.6 is 0 Å². The van der Waals surface area contributed by atoms with Gasteiger partial charge in [-0.3, -0.25) is 0 Å². The number of hydrogen-bond donors (Lipinski definition) is 0. The maximum Gasteiger partial charge on any atom is 0.164 e. The number of fused-ring (bicyclic) bond motifs is 9. The van der Waals surface area contributed by atoms with Crippen molar-refractivity contribution < 1.29 is 8.83 Å². The molecule has 0 unspecified atom stereocenters. The van der Waals surface area contributed by atoms with Gasteiger partial charge in [-0.15, -0.1) is 0 Å². The lowest BCUT2D eigenvalue weighted by molar-refractivity contribution is 0.591. The van der Waals surface area contributed by atoms with Crippen molar-refractivity contribution in [1.82, 2.24) is 19.5 Å². The summed E-state index contributed by atoms with van der Waals surface area (Å²) in [7, 11) is 0. The smallest absolute Gasteiger partial charge is 0.164 e. The zero-order valence-corrected chi connectivity index (χ0v) is 38.0. The topological polar surface area (TPSA) is 93.7 Å². The molecule has 0 aliphatic heterocycles. The lowest BCUT2D eigenvalue weighted by Crippen LogP contribution is -2.10. The van der Waals surface area contributed by atoms with Crippen LogP contribution in [0.1, 0.15) is 31.9 Å². The van der Waals surface area contributed by atoms with Crippen LogP contribution in [0, 0.1) is 11.3 Å². The first-order chi connectivity index (χ1) is 33.8. The third kappa shape index (κ3) is 6.68. The summed E-state index contributed by atoms with van der Waals surface area (Å²) < 4.78 is 15.2. The van der Waals surface area contributed by atoms with E-state index in [1.807, 2.05) is 72.8 Å². The van der Waals surface area contributed by atoms with E-state index >= 15 is 0 Å². The fraction of sp³-hybridized carbons (Fsp3) is 0.0645. The van der Waals surface area contributed by atoms with Crippen molar-refractivity contribution in [1.29, 1.82) is 5.26 Å². The van der Waals surface area contributed by atoms with Gasteiger partial charge in [0.1, 0.15) is 22.3 Å². The summed E-state index contributed by atoms with van der Waals surface area (Å²) in [6, 6.07) is 69.2. The average Bonchev–Trinajstić information content (AvgIpc) is 4.06. The zero-order valence-electron chi connectivity index (χ0n) is 38.0. The van der Waals surface area contributed by atoms with E-state index in [2.05, 4.69) is 153 Å². The molecule has 0 radical (unpaired) electrons. The maximum absolute atomic E-state index is 10.2. The SMILES string of the molecule is CC(C)(C)c1ccc2c(c1)c1cc(C#N)ccc1n2-c1c(-c2ccccc2)cc(-c2nc(-c3ccc4c(c3)oc3ccccc34)nc(-c3ccc4c(c3)oc3ccccc34)n2)cc1-c1ccccc1. The molecule has 0 atom stereocenters. The van der Waals surface area contributed by atoms with Crippen LogP contribution in [-0.2, 0) is 5.41 Å². The van der Waals surface area contributed by atoms with Crippen molar-refractivity contribution in [3.05, 3.63) is 205 Å². The number of nitriles is 1. The van der Waals surface area contributed by atoms with Crippen LogP contribution in [0.2, 0.25) is 0 Å². The molecule has 9 aromatic carbocycles. The molecular weight excluding hydrogens is 847 g/mol. The second kappa shape index (κ2) is 15.5. The fourth-order valence-corrected chi connectivity index (χ4v) is 9.97. The molecule has 0 aliphatic carbocycles. The maximum atomic E-state index is 10.2. The standard InChI is InChI=1S/C62H41N5O2/c1-62(2,3)43-25-29-53-51(35-43)50-30-37(36-63)22-28-52(50)67(53)58-48(38-14-6-4-7-15-38)31-42(32-49(58)39-16-8-5-9-17-39)61-65-59(40-23-26-46-44-18-10-12-20-54(44)68-56(46)33-40)64-60(66-61)41-24-27-47-45-19-11-13-21-55(45)69-57(47)34-41/h4-35H,1-3H3. The van der Waals surface area contributed by atoms with Crippen molar-refractivity contribution in [3.63, 3.8) is 0 Å². The summed E-state index contributed by atoms with van der Waals surface area (Å²) in [4.78, 5) is 15.9. The van der Waals surface area contributed by atoms with E-state index in [1.165, 1.54) is 5.56 Å². The Bertz CT molecular complexity index is 4050. The number of hydrogen-bond acceptors (Lipinski definition) is 6. The number of nitrogens with zero attached hydrogens (tertiary/aromatic N) is 5. The van der Waals surface area contributed by atoms with Crippen molar-refractivity contribution in [2.24, 2.45) is 0 Å². The molecule has 69 heavy (non-hydrogen) atoms. The first kappa shape index (κ1) is 40.2. The Morgan fingerprint density at radius 3 is 1.39 bits per heavy atom. The highest BCUT2D eigenvalue weighted by molar-refractivity contribution is 6.12. The number of furan rings is 2. The molecule has 0 saturated carbocycles. The second-order valence-electron chi connectivity index (χ2n) is 18.7. The van der Waals surface area contributed by atoms with Gasteiger partial charge < -0.3 is 13.4 Å². The Morgan fingerprint density at radius 1 is 0.406 bits per heavy atom. The predicted molar refractivity (Wildman–Crippen MR) is 279 cm³/mol. The Hall–Kier alpha value is -9.12. The molecule has 0 saturated heterocycles. The van der Waals surface area contributed by atoms with Gasteiger partial charge in [0.2, 0.25) is 0 Å². The number of aromatic nitrogens is 4. The summed E-state index contributed by atoms with van der Waals surface area (Å²) in [5, 5.41) is 16.4. The Labute approximate surface area is 397 Å². The fourth-order valence-electron chi connectivity index (χ4n) is 9.97. The van der Waals surface area contributed by atoms with Crippen molar-refractivity contribution in [2.75, 3.05) is 0 Å². The third-order valence-corrected chi connectivity index (χ3v) is 13.4. The van der Waals surface area contributed by atoms with Crippen LogP contribution in [0.3, 0.4) is 0 Å². The molecule has 0 amide bonds. The third-order valence-electron chi connectivity index (χ3n) is 13.4. The first-order valence-electron chi connectivity index (χ1n) is 23.1. The van der Waals surface area contributed by atoms with Crippen LogP contribution in [-0.4, -0.2) is 19.5 Å². The van der Waals surface area contributed by atoms with E-state index in [1.54, 1.807) is 0 Å². The quantitative estimate of drug-likeness (QED) is 0.165. The highest BCUT2D eigenvalue weighted by Crippen LogP contribution is 2.45. The van der Waals surface area contributed by atoms with E-state index in [-0.39, 0.29) is 5.41 Å². The largest absolute Gasteiger partial charge is 0.456 e. The molecule has 4 aromatic heterocycles. The zero-order chi connectivity index (χ0) is 46.4. The highest BCUT2D eigenvalue weighted by Gasteiger charge is 2.25.